The van der Waals surface area contributed by atoms with Gasteiger partial charge < -0.3 is 15.0 Å². The highest BCUT2D eigenvalue weighted by Gasteiger charge is 2.15. The number of hydrogen-bond acceptors (Lipinski definition) is 4. The molecule has 0 saturated carbocycles. The van der Waals surface area contributed by atoms with Crippen molar-refractivity contribution in [2.24, 2.45) is 12.8 Å². The summed E-state index contributed by atoms with van der Waals surface area (Å²) in [5, 5.41) is 0.939. The zero-order chi connectivity index (χ0) is 18.4. The summed E-state index contributed by atoms with van der Waals surface area (Å²) in [6.07, 6.45) is 0.398. The maximum Gasteiger partial charge on any atom is 0.404 e. The third kappa shape index (κ3) is 4.52. The number of rotatable bonds is 6. The van der Waals surface area contributed by atoms with Crippen molar-refractivity contribution in [3.05, 3.63) is 52.6 Å². The van der Waals surface area contributed by atoms with E-state index in [1.54, 1.807) is 18.2 Å². The topological polar surface area (TPSA) is 78.9 Å². The van der Waals surface area contributed by atoms with Gasteiger partial charge in [0.15, 0.2) is 11.4 Å². The molecule has 2 aromatic rings. The van der Waals surface area contributed by atoms with Crippen molar-refractivity contribution < 1.29 is 9.53 Å². The number of hydrogen-bond donors (Lipinski definition) is 1. The second-order valence-electron chi connectivity index (χ2n) is 5.12. The van der Waals surface area contributed by atoms with Crippen LogP contribution in [-0.4, -0.2) is 22.3 Å². The van der Waals surface area contributed by atoms with Crippen molar-refractivity contribution in [2.45, 2.75) is 29.7 Å². The van der Waals surface area contributed by atoms with Gasteiger partial charge in [0, 0.05) is 13.5 Å². The van der Waals surface area contributed by atoms with E-state index in [0.717, 1.165) is 27.9 Å². The summed E-state index contributed by atoms with van der Waals surface area (Å²) >= 11 is 1.47. The van der Waals surface area contributed by atoms with E-state index in [2.05, 4.69) is 14.7 Å². The predicted octanol–water partition coefficient (Wildman–Crippen LogP) is 3.87. The Bertz CT molecular complexity index is 844. The van der Waals surface area contributed by atoms with Crippen LogP contribution >= 0.6 is 11.8 Å². The molecule has 1 amide bonds. The van der Waals surface area contributed by atoms with Gasteiger partial charge in [-0.2, -0.15) is 0 Å². The molecule has 2 N–H and O–H groups in total. The smallest absolute Gasteiger partial charge is 0.404 e. The van der Waals surface area contributed by atoms with Crippen molar-refractivity contribution in [1.29, 1.82) is 0 Å². The van der Waals surface area contributed by atoms with Gasteiger partial charge in [-0.3, -0.25) is 0 Å². The molecule has 8 heteroatoms. The van der Waals surface area contributed by atoms with E-state index in [9.17, 15) is 4.79 Å². The number of aryl methyl sites for hydroxylation is 1. The standard InChI is InChI=1S/C17H17N5O2S/c1-5-14-16(22(4)15(21-14)6-7-24-17(18)23)25-13-9-11(19-2)8-12(10-13)20-3/h8-10H,5-7H2,1,4H3,(H2,18,23). The number of carbonyl (C=O) groups is 1. The molecule has 0 aliphatic rings. The average Bonchev–Trinajstić information content (AvgIpc) is 2.90. The number of nitrogens with zero attached hydrogens (tertiary/aromatic N) is 4. The van der Waals surface area contributed by atoms with Crippen LogP contribution < -0.4 is 5.73 Å². The molecular weight excluding hydrogens is 338 g/mol. The fraction of sp³-hybridized carbons (Fsp3) is 0.294. The van der Waals surface area contributed by atoms with E-state index in [0.29, 0.717) is 17.8 Å². The third-order valence-corrected chi connectivity index (χ3v) is 4.63. The minimum Gasteiger partial charge on any atom is -0.449 e. The lowest BCUT2D eigenvalue weighted by Crippen LogP contribution is -2.15. The number of nitrogens with two attached hydrogens (primary N) is 1. The second-order valence-corrected chi connectivity index (χ2v) is 6.18. The summed E-state index contributed by atoms with van der Waals surface area (Å²) in [5.74, 6) is 0.785. The molecule has 2 rings (SSSR count). The summed E-state index contributed by atoms with van der Waals surface area (Å²) in [7, 11) is 1.89. The van der Waals surface area contributed by atoms with Crippen molar-refractivity contribution in [2.75, 3.05) is 6.61 Å². The van der Waals surface area contributed by atoms with Crippen LogP contribution in [0.2, 0.25) is 0 Å². The summed E-state index contributed by atoms with van der Waals surface area (Å²) < 4.78 is 6.72. The minimum atomic E-state index is -0.804. The Hall–Kier alpha value is -2.97. The molecule has 0 aliphatic heterocycles. The van der Waals surface area contributed by atoms with Crippen LogP contribution in [0.1, 0.15) is 18.4 Å². The number of aromatic nitrogens is 2. The summed E-state index contributed by atoms with van der Waals surface area (Å²) in [5.41, 5.74) is 6.76. The van der Waals surface area contributed by atoms with E-state index in [1.807, 2.05) is 18.5 Å². The molecule has 1 heterocycles. The number of carbonyl (C=O) groups excluding carboxylic acids is 1. The predicted molar refractivity (Wildman–Crippen MR) is 94.9 cm³/mol. The first-order valence-corrected chi connectivity index (χ1v) is 8.34. The van der Waals surface area contributed by atoms with Gasteiger partial charge in [0.25, 0.3) is 0 Å². The molecule has 0 fully saturated rings. The molecule has 0 saturated heterocycles. The highest BCUT2D eigenvalue weighted by Crippen LogP contribution is 2.36. The van der Waals surface area contributed by atoms with Gasteiger partial charge in [-0.05, 0) is 23.4 Å². The molecule has 1 aromatic heterocycles. The van der Waals surface area contributed by atoms with Crippen molar-refractivity contribution >= 4 is 29.2 Å². The van der Waals surface area contributed by atoms with Crippen molar-refractivity contribution in [3.8, 4) is 0 Å². The fourth-order valence-corrected chi connectivity index (χ4v) is 3.41. The summed E-state index contributed by atoms with van der Waals surface area (Å²) in [6.45, 7) is 16.5. The minimum absolute atomic E-state index is 0.169. The molecule has 0 aliphatic carbocycles. The van der Waals surface area contributed by atoms with Gasteiger partial charge in [-0.1, -0.05) is 24.8 Å². The maximum atomic E-state index is 10.7. The third-order valence-electron chi connectivity index (χ3n) is 3.46. The highest BCUT2D eigenvalue weighted by molar-refractivity contribution is 7.99. The van der Waals surface area contributed by atoms with Crippen molar-refractivity contribution in [1.82, 2.24) is 9.55 Å². The molecule has 128 valence electrons. The van der Waals surface area contributed by atoms with E-state index in [1.165, 1.54) is 11.8 Å². The number of primary amides is 1. The number of imidazole rings is 1. The first-order chi connectivity index (χ1) is 12.0. The Balaban J connectivity index is 2.30. The van der Waals surface area contributed by atoms with E-state index < -0.39 is 6.09 Å². The Kier molecular flexibility index (Phi) is 6.04. The Labute approximate surface area is 150 Å². The monoisotopic (exact) mass is 355 g/mol. The lowest BCUT2D eigenvalue weighted by atomic mass is 10.3. The van der Waals surface area contributed by atoms with Gasteiger partial charge in [-0.25, -0.2) is 19.5 Å². The Morgan fingerprint density at radius 1 is 1.32 bits per heavy atom. The number of amides is 1. The van der Waals surface area contributed by atoms with Crippen LogP contribution in [0.4, 0.5) is 16.2 Å². The molecule has 0 bridgehead atoms. The van der Waals surface area contributed by atoms with Gasteiger partial charge in [0.2, 0.25) is 0 Å². The fourth-order valence-electron chi connectivity index (χ4n) is 2.28. The van der Waals surface area contributed by atoms with Crippen LogP contribution in [0.5, 0.6) is 0 Å². The van der Waals surface area contributed by atoms with Gasteiger partial charge in [0.05, 0.1) is 18.8 Å². The summed E-state index contributed by atoms with van der Waals surface area (Å²) in [6, 6.07) is 5.09. The lowest BCUT2D eigenvalue weighted by Gasteiger charge is -2.08. The SMILES string of the molecule is [C-]#[N+]c1cc([N+]#[C-])cc(Sc2c(CC)nc(CCOC(N)=O)n2C)c1. The molecular formula is C17H17N5O2S. The van der Waals surface area contributed by atoms with Gasteiger partial charge in [-0.15, -0.1) is 0 Å². The van der Waals surface area contributed by atoms with Crippen LogP contribution in [0.25, 0.3) is 9.69 Å². The van der Waals surface area contributed by atoms with E-state index in [4.69, 9.17) is 23.6 Å². The first-order valence-electron chi connectivity index (χ1n) is 7.53. The highest BCUT2D eigenvalue weighted by atomic mass is 32.2. The Morgan fingerprint density at radius 3 is 2.48 bits per heavy atom. The van der Waals surface area contributed by atoms with Gasteiger partial charge in [0.1, 0.15) is 17.5 Å². The maximum absolute atomic E-state index is 10.7. The van der Waals surface area contributed by atoms with Crippen LogP contribution in [0, 0.1) is 13.1 Å². The summed E-state index contributed by atoms with van der Waals surface area (Å²) in [4.78, 5) is 22.9. The zero-order valence-corrected chi connectivity index (χ0v) is 14.8. The molecule has 25 heavy (non-hydrogen) atoms. The quantitative estimate of drug-likeness (QED) is 0.798. The van der Waals surface area contributed by atoms with E-state index in [-0.39, 0.29) is 6.61 Å². The molecule has 0 spiro atoms. The normalized spacial score (nSPS) is 10.1. The lowest BCUT2D eigenvalue weighted by molar-refractivity contribution is 0.157. The number of benzene rings is 1. The second kappa shape index (κ2) is 8.22. The molecule has 0 atom stereocenters. The van der Waals surface area contributed by atoms with Crippen LogP contribution in [0.15, 0.2) is 28.1 Å². The molecule has 0 unspecified atom stereocenters. The Morgan fingerprint density at radius 2 is 1.96 bits per heavy atom. The average molecular weight is 355 g/mol. The van der Waals surface area contributed by atoms with Crippen LogP contribution in [0.3, 0.4) is 0 Å². The van der Waals surface area contributed by atoms with Crippen LogP contribution in [-0.2, 0) is 24.6 Å². The zero-order valence-electron chi connectivity index (χ0n) is 13.9. The molecule has 7 nitrogen and oxygen atoms in total. The van der Waals surface area contributed by atoms with Crippen molar-refractivity contribution in [3.63, 3.8) is 0 Å². The van der Waals surface area contributed by atoms with E-state index >= 15 is 0 Å². The largest absolute Gasteiger partial charge is 0.449 e. The first kappa shape index (κ1) is 18.4. The number of ether oxygens (including phenoxy) is 1. The molecule has 0 radical (unpaired) electrons. The van der Waals surface area contributed by atoms with Gasteiger partial charge >= 0.3 is 6.09 Å². The molecule has 1 aromatic carbocycles.